The first-order chi connectivity index (χ1) is 8.21. The second kappa shape index (κ2) is 5.03. The molecule has 1 aromatic rings. The molecule has 0 aliphatic carbocycles. The zero-order valence-electron chi connectivity index (χ0n) is 10.8. The Balaban J connectivity index is 2.69. The molecule has 18 heavy (non-hydrogen) atoms. The minimum absolute atomic E-state index is 0.241. The van der Waals surface area contributed by atoms with Crippen molar-refractivity contribution in [1.82, 2.24) is 20.1 Å². The molecule has 2 amide bonds. The van der Waals surface area contributed by atoms with Crippen LogP contribution in [0.15, 0.2) is 6.33 Å². The van der Waals surface area contributed by atoms with E-state index in [0.717, 1.165) is 0 Å². The average molecular weight is 255 g/mol. The van der Waals surface area contributed by atoms with Gasteiger partial charge in [-0.05, 0) is 5.41 Å². The number of nitrogens with one attached hydrogen (secondary N) is 2. The molecule has 0 aliphatic heterocycles. The van der Waals surface area contributed by atoms with Gasteiger partial charge in [-0.2, -0.15) is 10.1 Å². The summed E-state index contributed by atoms with van der Waals surface area (Å²) >= 11 is 0. The summed E-state index contributed by atoms with van der Waals surface area (Å²) in [4.78, 5) is 26.5. The zero-order chi connectivity index (χ0) is 13.9. The Labute approximate surface area is 104 Å². The molecule has 0 spiro atoms. The van der Waals surface area contributed by atoms with E-state index in [4.69, 9.17) is 5.11 Å². The lowest BCUT2D eigenvalue weighted by Gasteiger charge is -2.27. The minimum atomic E-state index is -1.09. The van der Waals surface area contributed by atoms with Crippen molar-refractivity contribution in [1.29, 1.82) is 0 Å². The highest BCUT2D eigenvalue weighted by Crippen LogP contribution is 2.19. The van der Waals surface area contributed by atoms with Crippen LogP contribution in [0.25, 0.3) is 0 Å². The van der Waals surface area contributed by atoms with Gasteiger partial charge < -0.3 is 10.4 Å². The Kier molecular flexibility index (Phi) is 3.89. The van der Waals surface area contributed by atoms with Crippen LogP contribution in [-0.2, 0) is 11.8 Å². The molecule has 0 fully saturated rings. The monoisotopic (exact) mass is 255 g/mol. The highest BCUT2D eigenvalue weighted by molar-refractivity contribution is 5.91. The van der Waals surface area contributed by atoms with E-state index in [0.29, 0.717) is 0 Å². The van der Waals surface area contributed by atoms with Crippen LogP contribution in [0.3, 0.4) is 0 Å². The van der Waals surface area contributed by atoms with E-state index in [1.807, 2.05) is 0 Å². The van der Waals surface area contributed by atoms with Crippen LogP contribution in [0, 0.1) is 5.41 Å². The van der Waals surface area contributed by atoms with Crippen LogP contribution in [0.5, 0.6) is 0 Å². The van der Waals surface area contributed by atoms with E-state index in [9.17, 15) is 9.59 Å². The lowest BCUT2D eigenvalue weighted by molar-refractivity contribution is -0.141. The van der Waals surface area contributed by atoms with Gasteiger partial charge in [-0.15, -0.1) is 0 Å². The Morgan fingerprint density at radius 1 is 1.44 bits per heavy atom. The van der Waals surface area contributed by atoms with Gasteiger partial charge in [0.15, 0.2) is 0 Å². The minimum Gasteiger partial charge on any atom is -0.480 e. The van der Waals surface area contributed by atoms with Crippen molar-refractivity contribution in [2.45, 2.75) is 26.8 Å². The third-order valence-corrected chi connectivity index (χ3v) is 2.33. The van der Waals surface area contributed by atoms with E-state index in [2.05, 4.69) is 20.7 Å². The molecule has 100 valence electrons. The number of aryl methyl sites for hydroxylation is 1. The van der Waals surface area contributed by atoms with Gasteiger partial charge in [-0.3, -0.25) is 5.32 Å². The summed E-state index contributed by atoms with van der Waals surface area (Å²) in [5, 5.41) is 17.7. The highest BCUT2D eigenvalue weighted by Gasteiger charge is 2.32. The van der Waals surface area contributed by atoms with Crippen LogP contribution in [-0.4, -0.2) is 37.9 Å². The van der Waals surface area contributed by atoms with Crippen molar-refractivity contribution in [3.8, 4) is 0 Å². The smallest absolute Gasteiger partial charge is 0.326 e. The van der Waals surface area contributed by atoms with Crippen molar-refractivity contribution in [3.63, 3.8) is 0 Å². The number of urea groups is 1. The van der Waals surface area contributed by atoms with Crippen LogP contribution < -0.4 is 10.6 Å². The lowest BCUT2D eigenvalue weighted by Crippen LogP contribution is -2.50. The Morgan fingerprint density at radius 2 is 2.06 bits per heavy atom. The second-order valence-electron chi connectivity index (χ2n) is 4.94. The van der Waals surface area contributed by atoms with Crippen molar-refractivity contribution in [2.75, 3.05) is 5.32 Å². The third-order valence-electron chi connectivity index (χ3n) is 2.33. The maximum atomic E-state index is 11.7. The first-order valence-electron chi connectivity index (χ1n) is 5.36. The molecule has 1 aromatic heterocycles. The number of anilines is 1. The maximum Gasteiger partial charge on any atom is 0.326 e. The van der Waals surface area contributed by atoms with Crippen molar-refractivity contribution in [3.05, 3.63) is 6.33 Å². The number of carbonyl (C=O) groups is 2. The normalized spacial score (nSPS) is 12.9. The number of amides is 2. The summed E-state index contributed by atoms with van der Waals surface area (Å²) in [5.74, 6) is -0.846. The largest absolute Gasteiger partial charge is 0.480 e. The molecule has 3 N–H and O–H groups in total. The van der Waals surface area contributed by atoms with Crippen LogP contribution in [0.4, 0.5) is 10.7 Å². The van der Waals surface area contributed by atoms with Crippen molar-refractivity contribution in [2.24, 2.45) is 12.5 Å². The predicted molar refractivity (Wildman–Crippen MR) is 64.0 cm³/mol. The predicted octanol–water partition coefficient (Wildman–Crippen LogP) is 0.436. The number of aromatic nitrogens is 3. The third kappa shape index (κ3) is 3.44. The van der Waals surface area contributed by atoms with E-state index in [1.54, 1.807) is 27.8 Å². The molecule has 0 saturated heterocycles. The lowest BCUT2D eigenvalue weighted by atomic mass is 9.87. The van der Waals surface area contributed by atoms with Gasteiger partial charge in [0.05, 0.1) is 0 Å². The first-order valence-corrected chi connectivity index (χ1v) is 5.36. The number of carbonyl (C=O) groups excluding carboxylic acids is 1. The summed E-state index contributed by atoms with van der Waals surface area (Å²) < 4.78 is 1.37. The summed E-state index contributed by atoms with van der Waals surface area (Å²) in [6.07, 6.45) is 1.29. The topological polar surface area (TPSA) is 109 Å². The molecule has 0 unspecified atom stereocenters. The number of carboxylic acids is 1. The van der Waals surface area contributed by atoms with Crippen molar-refractivity contribution < 1.29 is 14.7 Å². The zero-order valence-corrected chi connectivity index (χ0v) is 10.8. The number of hydrogen-bond donors (Lipinski definition) is 3. The molecule has 0 radical (unpaired) electrons. The Morgan fingerprint density at radius 3 is 2.44 bits per heavy atom. The SMILES string of the molecule is Cn1ncnc1NC(=O)N[C@H](C(=O)O)C(C)(C)C. The molecule has 0 aromatic carbocycles. The second-order valence-corrected chi connectivity index (χ2v) is 4.94. The average Bonchev–Trinajstić information content (AvgIpc) is 2.59. The van der Waals surface area contributed by atoms with Gasteiger partial charge in [-0.1, -0.05) is 20.8 Å². The molecule has 1 rings (SSSR count). The van der Waals surface area contributed by atoms with Crippen LogP contribution in [0.2, 0.25) is 0 Å². The van der Waals surface area contributed by atoms with E-state index in [-0.39, 0.29) is 5.95 Å². The summed E-state index contributed by atoms with van der Waals surface area (Å²) in [6.45, 7) is 5.19. The first kappa shape index (κ1) is 13.9. The van der Waals surface area contributed by atoms with Gasteiger partial charge in [0.2, 0.25) is 5.95 Å². The van der Waals surface area contributed by atoms with Gasteiger partial charge in [0, 0.05) is 7.05 Å². The van der Waals surface area contributed by atoms with Gasteiger partial charge in [0.1, 0.15) is 12.4 Å². The van der Waals surface area contributed by atoms with Crippen molar-refractivity contribution >= 4 is 17.9 Å². The summed E-state index contributed by atoms with van der Waals surface area (Å²) in [7, 11) is 1.61. The Bertz CT molecular complexity index is 449. The molecule has 1 atom stereocenters. The molecule has 8 heteroatoms. The standard InChI is InChI=1S/C10H17N5O3/c1-10(2,3)6(7(16)17)13-9(18)14-8-11-5-12-15(8)4/h5-6H,1-4H3,(H,16,17)(H2,11,12,13,14,18)/t6-/m1/s1. The summed E-state index contributed by atoms with van der Waals surface area (Å²) in [6, 6.07) is -1.63. The quantitative estimate of drug-likeness (QED) is 0.726. The summed E-state index contributed by atoms with van der Waals surface area (Å²) in [5.41, 5.74) is -0.594. The molecule has 0 bridgehead atoms. The van der Waals surface area contributed by atoms with Gasteiger partial charge in [-0.25, -0.2) is 14.3 Å². The van der Waals surface area contributed by atoms with E-state index >= 15 is 0 Å². The molecule has 1 heterocycles. The molecule has 0 aliphatic rings. The van der Waals surface area contributed by atoms with E-state index in [1.165, 1.54) is 11.0 Å². The number of hydrogen-bond acceptors (Lipinski definition) is 4. The molecule has 8 nitrogen and oxygen atoms in total. The fourth-order valence-electron chi connectivity index (χ4n) is 1.33. The number of aliphatic carboxylic acids is 1. The van der Waals surface area contributed by atoms with Crippen LogP contribution in [0.1, 0.15) is 20.8 Å². The number of rotatable bonds is 3. The molecular weight excluding hydrogens is 238 g/mol. The van der Waals surface area contributed by atoms with E-state index < -0.39 is 23.5 Å². The molecule has 0 saturated carbocycles. The Hall–Kier alpha value is -2.12. The molecular formula is C10H17N5O3. The maximum absolute atomic E-state index is 11.7. The number of carboxylic acid groups (broad SMARTS) is 1. The number of nitrogens with zero attached hydrogens (tertiary/aromatic N) is 3. The van der Waals surface area contributed by atoms with Gasteiger partial charge in [0.25, 0.3) is 0 Å². The highest BCUT2D eigenvalue weighted by atomic mass is 16.4. The van der Waals surface area contributed by atoms with Gasteiger partial charge >= 0.3 is 12.0 Å². The fraction of sp³-hybridized carbons (Fsp3) is 0.600. The fourth-order valence-corrected chi connectivity index (χ4v) is 1.33. The van der Waals surface area contributed by atoms with Crippen LogP contribution >= 0.6 is 0 Å².